The van der Waals surface area contributed by atoms with Crippen LogP contribution in [0.4, 0.5) is 0 Å². The molecule has 5 nitrogen and oxygen atoms in total. The van der Waals surface area contributed by atoms with Gasteiger partial charge in [0.15, 0.2) is 5.43 Å². The van der Waals surface area contributed by atoms with Crippen LogP contribution in [0.15, 0.2) is 50.8 Å². The highest BCUT2D eigenvalue weighted by atomic mass is 35.5. The summed E-state index contributed by atoms with van der Waals surface area (Å²) in [5.41, 5.74) is 3.30. The molecule has 0 spiro atoms. The standard InChI is InChI=1S/C22H21ClN2O3S2/c1-12-7-18(27)21(22(28)24-10-13(2)26)17-9-19(14-5-6-29-11-14)30-20-8-15(23)3-4-16(20)25(12)17/h3-8,11,13,19,26H,9-10H2,1-2H3,(H,24,28)/t13-,19+/m0/s1. The molecule has 30 heavy (non-hydrogen) atoms. The summed E-state index contributed by atoms with van der Waals surface area (Å²) in [6.45, 7) is 3.54. The van der Waals surface area contributed by atoms with Gasteiger partial charge in [0.25, 0.3) is 5.91 Å². The Kier molecular flexibility index (Phi) is 6.06. The van der Waals surface area contributed by atoms with E-state index in [-0.39, 0.29) is 22.8 Å². The van der Waals surface area contributed by atoms with Gasteiger partial charge in [0, 0.05) is 45.6 Å². The van der Waals surface area contributed by atoms with Gasteiger partial charge in [0.05, 0.1) is 11.8 Å². The lowest BCUT2D eigenvalue weighted by molar-refractivity contribution is 0.0921. The minimum atomic E-state index is -0.697. The number of aliphatic hydroxyl groups excluding tert-OH is 1. The van der Waals surface area contributed by atoms with Crippen molar-refractivity contribution in [3.8, 4) is 5.69 Å². The van der Waals surface area contributed by atoms with Gasteiger partial charge in [0.2, 0.25) is 0 Å². The average molecular weight is 461 g/mol. The number of nitrogens with zero attached hydrogens (tertiary/aromatic N) is 1. The van der Waals surface area contributed by atoms with E-state index in [2.05, 4.69) is 16.8 Å². The van der Waals surface area contributed by atoms with Gasteiger partial charge in [-0.1, -0.05) is 11.6 Å². The lowest BCUT2D eigenvalue weighted by Crippen LogP contribution is -2.36. The van der Waals surface area contributed by atoms with Gasteiger partial charge in [-0.25, -0.2) is 0 Å². The molecular weight excluding hydrogens is 440 g/mol. The highest BCUT2D eigenvalue weighted by Crippen LogP contribution is 2.45. The summed E-state index contributed by atoms with van der Waals surface area (Å²) in [7, 11) is 0. The Morgan fingerprint density at radius 2 is 2.17 bits per heavy atom. The van der Waals surface area contributed by atoms with Crippen LogP contribution in [-0.4, -0.2) is 28.2 Å². The average Bonchev–Trinajstić information content (AvgIpc) is 3.16. The zero-order valence-electron chi connectivity index (χ0n) is 16.5. The fourth-order valence-electron chi connectivity index (χ4n) is 3.68. The third-order valence-corrected chi connectivity index (χ3v) is 7.25. The lowest BCUT2D eigenvalue weighted by atomic mass is 10.0. The summed E-state index contributed by atoms with van der Waals surface area (Å²) in [6, 6.07) is 9.25. The molecule has 0 bridgehead atoms. The van der Waals surface area contributed by atoms with E-state index in [4.69, 9.17) is 11.6 Å². The monoisotopic (exact) mass is 460 g/mol. The highest BCUT2D eigenvalue weighted by Gasteiger charge is 2.29. The number of halogens is 1. The molecule has 0 saturated heterocycles. The fraction of sp³-hybridized carbons (Fsp3) is 0.273. The van der Waals surface area contributed by atoms with Crippen LogP contribution in [0.3, 0.4) is 0 Å². The third kappa shape index (κ3) is 4.07. The second kappa shape index (κ2) is 8.59. The summed E-state index contributed by atoms with van der Waals surface area (Å²) in [6.07, 6.45) is -0.181. The van der Waals surface area contributed by atoms with Crippen molar-refractivity contribution in [1.29, 1.82) is 0 Å². The van der Waals surface area contributed by atoms with Crippen LogP contribution in [0, 0.1) is 6.92 Å². The van der Waals surface area contributed by atoms with Gasteiger partial charge in [-0.15, -0.1) is 11.8 Å². The summed E-state index contributed by atoms with van der Waals surface area (Å²) in [4.78, 5) is 26.9. The zero-order chi connectivity index (χ0) is 21.4. The predicted octanol–water partition coefficient (Wildman–Crippen LogP) is 4.36. The molecule has 3 aromatic rings. The van der Waals surface area contributed by atoms with Crippen molar-refractivity contribution in [1.82, 2.24) is 9.88 Å². The number of pyridine rings is 1. The Labute approximate surface area is 187 Å². The van der Waals surface area contributed by atoms with Crippen molar-refractivity contribution in [3.63, 3.8) is 0 Å². The largest absolute Gasteiger partial charge is 0.392 e. The minimum absolute atomic E-state index is 0.0340. The maximum atomic E-state index is 13.0. The molecule has 0 saturated carbocycles. The van der Waals surface area contributed by atoms with E-state index in [0.29, 0.717) is 17.1 Å². The number of amides is 1. The summed E-state index contributed by atoms with van der Waals surface area (Å²) >= 11 is 9.60. The van der Waals surface area contributed by atoms with E-state index in [1.807, 2.05) is 35.1 Å². The number of benzene rings is 1. The first-order valence-corrected chi connectivity index (χ1v) is 11.8. The van der Waals surface area contributed by atoms with E-state index >= 15 is 0 Å². The Bertz CT molecular complexity index is 1160. The second-order valence-corrected chi connectivity index (χ2v) is 9.81. The van der Waals surface area contributed by atoms with Gasteiger partial charge in [-0.3, -0.25) is 9.59 Å². The topological polar surface area (TPSA) is 71.3 Å². The van der Waals surface area contributed by atoms with Crippen molar-refractivity contribution in [3.05, 3.63) is 78.9 Å². The molecule has 1 amide bonds. The second-order valence-electron chi connectivity index (χ2n) is 7.35. The molecule has 2 aromatic heterocycles. The number of aromatic nitrogens is 1. The molecule has 4 rings (SSSR count). The number of aliphatic hydroxyl groups is 1. The van der Waals surface area contributed by atoms with E-state index in [1.165, 1.54) is 6.07 Å². The third-order valence-electron chi connectivity index (χ3n) is 5.01. The predicted molar refractivity (Wildman–Crippen MR) is 122 cm³/mol. The summed E-state index contributed by atoms with van der Waals surface area (Å²) < 4.78 is 1.99. The van der Waals surface area contributed by atoms with E-state index in [9.17, 15) is 14.7 Å². The number of nitrogens with one attached hydrogen (secondary N) is 1. The van der Waals surface area contributed by atoms with Crippen LogP contribution in [0.1, 0.15) is 39.5 Å². The molecule has 0 aliphatic carbocycles. The van der Waals surface area contributed by atoms with Crippen LogP contribution in [0.5, 0.6) is 0 Å². The molecule has 0 fully saturated rings. The van der Waals surface area contributed by atoms with Crippen molar-refractivity contribution in [2.24, 2.45) is 0 Å². The van der Waals surface area contributed by atoms with Crippen molar-refractivity contribution in [2.75, 3.05) is 6.54 Å². The number of carbonyl (C=O) groups is 1. The Morgan fingerprint density at radius 1 is 1.37 bits per heavy atom. The molecule has 1 aromatic carbocycles. The number of fused-ring (bicyclic) bond motifs is 3. The molecule has 0 unspecified atom stereocenters. The maximum absolute atomic E-state index is 13.0. The minimum Gasteiger partial charge on any atom is -0.392 e. The first-order chi connectivity index (χ1) is 14.3. The van der Waals surface area contributed by atoms with Crippen LogP contribution >= 0.6 is 34.7 Å². The normalized spacial score (nSPS) is 16.3. The van der Waals surface area contributed by atoms with E-state index < -0.39 is 12.0 Å². The van der Waals surface area contributed by atoms with Crippen LogP contribution in [0.25, 0.3) is 5.69 Å². The van der Waals surface area contributed by atoms with Crippen molar-refractivity contribution < 1.29 is 9.90 Å². The number of rotatable bonds is 4. The summed E-state index contributed by atoms with van der Waals surface area (Å²) in [5, 5.41) is 17.0. The fourth-order valence-corrected chi connectivity index (χ4v) is 6.02. The van der Waals surface area contributed by atoms with Crippen molar-refractivity contribution >= 4 is 40.6 Å². The molecular formula is C22H21ClN2O3S2. The number of carbonyl (C=O) groups excluding carboxylic acids is 1. The van der Waals surface area contributed by atoms with Gasteiger partial charge in [-0.2, -0.15) is 11.3 Å². The van der Waals surface area contributed by atoms with Gasteiger partial charge in [-0.05, 0) is 54.4 Å². The molecule has 1 aliphatic rings. The number of aryl methyl sites for hydroxylation is 1. The molecule has 2 atom stereocenters. The molecule has 156 valence electrons. The van der Waals surface area contributed by atoms with Gasteiger partial charge in [0.1, 0.15) is 5.56 Å². The molecule has 0 radical (unpaired) electrons. The van der Waals surface area contributed by atoms with Crippen LogP contribution in [-0.2, 0) is 6.42 Å². The zero-order valence-corrected chi connectivity index (χ0v) is 18.9. The van der Waals surface area contributed by atoms with Gasteiger partial charge >= 0.3 is 0 Å². The number of thioether (sulfide) groups is 1. The van der Waals surface area contributed by atoms with Crippen LogP contribution in [0.2, 0.25) is 5.02 Å². The summed E-state index contributed by atoms with van der Waals surface area (Å²) in [5.74, 6) is -0.462. The smallest absolute Gasteiger partial charge is 0.257 e. The SMILES string of the molecule is Cc1cc(=O)c(C(=O)NC[C@H](C)O)c2n1-c1ccc(Cl)cc1S[C@@H](c1ccsc1)C2. The van der Waals surface area contributed by atoms with Gasteiger partial charge < -0.3 is 15.0 Å². The number of hydrogen-bond donors (Lipinski definition) is 2. The number of hydrogen-bond acceptors (Lipinski definition) is 5. The quantitative estimate of drug-likeness (QED) is 0.606. The highest BCUT2D eigenvalue weighted by molar-refractivity contribution is 7.99. The lowest BCUT2D eigenvalue weighted by Gasteiger charge is -2.20. The molecule has 2 N–H and O–H groups in total. The van der Waals surface area contributed by atoms with E-state index in [1.54, 1.807) is 30.0 Å². The van der Waals surface area contributed by atoms with Crippen molar-refractivity contribution in [2.45, 2.75) is 36.5 Å². The molecule has 3 heterocycles. The van der Waals surface area contributed by atoms with E-state index in [0.717, 1.165) is 21.8 Å². The Hall–Kier alpha value is -2.06. The molecule has 8 heteroatoms. The molecule has 1 aliphatic heterocycles. The number of thiophene rings is 1. The first kappa shape index (κ1) is 21.2. The van der Waals surface area contributed by atoms with Crippen LogP contribution < -0.4 is 10.7 Å². The Balaban J connectivity index is 1.94. The Morgan fingerprint density at radius 3 is 2.87 bits per heavy atom. The maximum Gasteiger partial charge on any atom is 0.257 e. The first-order valence-electron chi connectivity index (χ1n) is 9.55.